The first kappa shape index (κ1) is 16.5. The van der Waals surface area contributed by atoms with Crippen molar-refractivity contribution in [3.05, 3.63) is 60.2 Å². The van der Waals surface area contributed by atoms with Crippen molar-refractivity contribution in [1.82, 2.24) is 0 Å². The highest BCUT2D eigenvalue weighted by Crippen LogP contribution is 2.20. The third kappa shape index (κ3) is 4.85. The van der Waals surface area contributed by atoms with Crippen LogP contribution >= 0.6 is 0 Å². The van der Waals surface area contributed by atoms with Gasteiger partial charge in [0.05, 0.1) is 12.2 Å². The molecule has 0 aliphatic rings. The van der Waals surface area contributed by atoms with Crippen molar-refractivity contribution in [1.29, 1.82) is 0 Å². The summed E-state index contributed by atoms with van der Waals surface area (Å²) in [7, 11) is 0. The molecule has 2 aromatic carbocycles. The number of ether oxygens (including phenoxy) is 3. The molecular formula is C18H18O5. The number of benzene rings is 2. The molecule has 23 heavy (non-hydrogen) atoms. The van der Waals surface area contributed by atoms with Gasteiger partial charge >= 0.3 is 11.9 Å². The standard InChI is InChI=1S/C18H18O5/c1-3-21-17(19)13(2)22-15-9-11-16(12-10-15)23-18(20)14-7-5-4-6-8-14/h4-13H,3H2,1-2H3/t13-/m1/s1. The van der Waals surface area contributed by atoms with Gasteiger partial charge in [-0.2, -0.15) is 0 Å². The monoisotopic (exact) mass is 314 g/mol. The van der Waals surface area contributed by atoms with E-state index >= 15 is 0 Å². The van der Waals surface area contributed by atoms with Crippen LogP contribution in [0.15, 0.2) is 54.6 Å². The lowest BCUT2D eigenvalue weighted by molar-refractivity contribution is -0.150. The first-order valence-electron chi connectivity index (χ1n) is 7.30. The van der Waals surface area contributed by atoms with Crippen LogP contribution in [0.25, 0.3) is 0 Å². The maximum absolute atomic E-state index is 11.9. The van der Waals surface area contributed by atoms with Gasteiger partial charge in [0, 0.05) is 0 Å². The molecule has 0 aromatic heterocycles. The molecular weight excluding hydrogens is 296 g/mol. The predicted octanol–water partition coefficient (Wildman–Crippen LogP) is 3.24. The highest BCUT2D eigenvalue weighted by Gasteiger charge is 2.15. The Hall–Kier alpha value is -2.82. The lowest BCUT2D eigenvalue weighted by Gasteiger charge is -2.13. The zero-order valence-corrected chi connectivity index (χ0v) is 13.0. The quantitative estimate of drug-likeness (QED) is 0.605. The maximum atomic E-state index is 11.9. The first-order valence-corrected chi connectivity index (χ1v) is 7.30. The average molecular weight is 314 g/mol. The molecule has 0 amide bonds. The summed E-state index contributed by atoms with van der Waals surface area (Å²) in [6, 6.07) is 15.2. The highest BCUT2D eigenvalue weighted by atomic mass is 16.6. The molecule has 0 aliphatic heterocycles. The van der Waals surface area contributed by atoms with Crippen LogP contribution in [0, 0.1) is 0 Å². The van der Waals surface area contributed by atoms with Crippen LogP contribution in [0.3, 0.4) is 0 Å². The molecule has 2 rings (SSSR count). The van der Waals surface area contributed by atoms with Crippen LogP contribution in [0.2, 0.25) is 0 Å². The summed E-state index contributed by atoms with van der Waals surface area (Å²) in [5.74, 6) is 0.0336. The van der Waals surface area contributed by atoms with Gasteiger partial charge in [-0.15, -0.1) is 0 Å². The van der Waals surface area contributed by atoms with E-state index in [1.807, 2.05) is 6.07 Å². The van der Waals surface area contributed by atoms with Crippen LogP contribution in [-0.4, -0.2) is 24.6 Å². The average Bonchev–Trinajstić information content (AvgIpc) is 2.57. The summed E-state index contributed by atoms with van der Waals surface area (Å²) in [4.78, 5) is 23.4. The first-order chi connectivity index (χ1) is 11.1. The topological polar surface area (TPSA) is 61.8 Å². The van der Waals surface area contributed by atoms with Crippen LogP contribution in [0.1, 0.15) is 24.2 Å². The third-order valence-electron chi connectivity index (χ3n) is 2.98. The lowest BCUT2D eigenvalue weighted by atomic mass is 10.2. The van der Waals surface area contributed by atoms with E-state index in [2.05, 4.69) is 0 Å². The van der Waals surface area contributed by atoms with Gasteiger partial charge in [0.15, 0.2) is 6.10 Å². The number of esters is 2. The minimum Gasteiger partial charge on any atom is -0.479 e. The van der Waals surface area contributed by atoms with Gasteiger partial charge in [-0.05, 0) is 50.2 Å². The second-order valence-electron chi connectivity index (χ2n) is 4.74. The summed E-state index contributed by atoms with van der Waals surface area (Å²) >= 11 is 0. The fourth-order valence-electron chi connectivity index (χ4n) is 1.84. The fourth-order valence-corrected chi connectivity index (χ4v) is 1.84. The molecule has 0 bridgehead atoms. The molecule has 0 aliphatic carbocycles. The van der Waals surface area contributed by atoms with Gasteiger partial charge in [0.25, 0.3) is 0 Å². The van der Waals surface area contributed by atoms with E-state index in [9.17, 15) is 9.59 Å². The van der Waals surface area contributed by atoms with Crippen LogP contribution < -0.4 is 9.47 Å². The van der Waals surface area contributed by atoms with Crippen molar-refractivity contribution in [2.45, 2.75) is 20.0 Å². The van der Waals surface area contributed by atoms with E-state index in [0.29, 0.717) is 23.7 Å². The molecule has 0 unspecified atom stereocenters. The number of carbonyl (C=O) groups excluding carboxylic acids is 2. The van der Waals surface area contributed by atoms with E-state index in [1.54, 1.807) is 62.4 Å². The summed E-state index contributed by atoms with van der Waals surface area (Å²) in [5.41, 5.74) is 0.476. The number of carbonyl (C=O) groups is 2. The van der Waals surface area contributed by atoms with E-state index in [1.165, 1.54) is 0 Å². The van der Waals surface area contributed by atoms with Gasteiger partial charge in [-0.1, -0.05) is 18.2 Å². The molecule has 1 atom stereocenters. The van der Waals surface area contributed by atoms with Crippen LogP contribution in [-0.2, 0) is 9.53 Å². The van der Waals surface area contributed by atoms with Gasteiger partial charge < -0.3 is 14.2 Å². The second-order valence-corrected chi connectivity index (χ2v) is 4.74. The van der Waals surface area contributed by atoms with E-state index in [-0.39, 0.29) is 0 Å². The molecule has 0 heterocycles. The molecule has 0 radical (unpaired) electrons. The molecule has 120 valence electrons. The SMILES string of the molecule is CCOC(=O)[C@@H](C)Oc1ccc(OC(=O)c2ccccc2)cc1. The summed E-state index contributed by atoms with van der Waals surface area (Å²) in [6.07, 6.45) is -0.701. The minimum absolute atomic E-state index is 0.306. The largest absolute Gasteiger partial charge is 0.479 e. The Labute approximate surface area is 134 Å². The van der Waals surface area contributed by atoms with Gasteiger partial charge in [0.2, 0.25) is 0 Å². The summed E-state index contributed by atoms with van der Waals surface area (Å²) in [6.45, 7) is 3.66. The van der Waals surface area contributed by atoms with Crippen molar-refractivity contribution in [3.63, 3.8) is 0 Å². The molecule has 0 N–H and O–H groups in total. The van der Waals surface area contributed by atoms with E-state index < -0.39 is 18.0 Å². The molecule has 0 saturated heterocycles. The number of hydrogen-bond donors (Lipinski definition) is 0. The fraction of sp³-hybridized carbons (Fsp3) is 0.222. The Morgan fingerprint density at radius 2 is 1.57 bits per heavy atom. The van der Waals surface area contributed by atoms with Crippen LogP contribution in [0.4, 0.5) is 0 Å². The Balaban J connectivity index is 1.94. The van der Waals surface area contributed by atoms with Crippen molar-refractivity contribution in [2.75, 3.05) is 6.61 Å². The third-order valence-corrected chi connectivity index (χ3v) is 2.98. The molecule has 0 spiro atoms. The zero-order chi connectivity index (χ0) is 16.7. The van der Waals surface area contributed by atoms with E-state index in [0.717, 1.165) is 0 Å². The Morgan fingerprint density at radius 3 is 2.17 bits per heavy atom. The van der Waals surface area contributed by atoms with Crippen molar-refractivity contribution in [2.24, 2.45) is 0 Å². The molecule has 5 nitrogen and oxygen atoms in total. The second kappa shape index (κ2) is 7.98. The van der Waals surface area contributed by atoms with Gasteiger partial charge in [-0.3, -0.25) is 0 Å². The molecule has 5 heteroatoms. The Bertz CT molecular complexity index is 649. The minimum atomic E-state index is -0.701. The predicted molar refractivity (Wildman–Crippen MR) is 84.6 cm³/mol. The van der Waals surface area contributed by atoms with Crippen molar-refractivity contribution < 1.29 is 23.8 Å². The Morgan fingerprint density at radius 1 is 0.957 bits per heavy atom. The molecule has 0 fully saturated rings. The number of hydrogen-bond acceptors (Lipinski definition) is 5. The molecule has 0 saturated carbocycles. The van der Waals surface area contributed by atoms with Gasteiger partial charge in [0.1, 0.15) is 11.5 Å². The van der Waals surface area contributed by atoms with Crippen LogP contribution in [0.5, 0.6) is 11.5 Å². The molecule has 2 aromatic rings. The summed E-state index contributed by atoms with van der Waals surface area (Å²) in [5, 5.41) is 0. The van der Waals surface area contributed by atoms with E-state index in [4.69, 9.17) is 14.2 Å². The highest BCUT2D eigenvalue weighted by molar-refractivity contribution is 5.90. The van der Waals surface area contributed by atoms with Crippen molar-refractivity contribution in [3.8, 4) is 11.5 Å². The zero-order valence-electron chi connectivity index (χ0n) is 13.0. The van der Waals surface area contributed by atoms with Gasteiger partial charge in [-0.25, -0.2) is 9.59 Å². The van der Waals surface area contributed by atoms with Crippen molar-refractivity contribution >= 4 is 11.9 Å². The lowest BCUT2D eigenvalue weighted by Crippen LogP contribution is -2.26. The number of rotatable bonds is 6. The maximum Gasteiger partial charge on any atom is 0.347 e. The Kier molecular flexibility index (Phi) is 5.74. The normalized spacial score (nSPS) is 11.4. The summed E-state index contributed by atoms with van der Waals surface area (Å²) < 4.78 is 15.6. The smallest absolute Gasteiger partial charge is 0.347 e.